The van der Waals surface area contributed by atoms with Crippen molar-refractivity contribution >= 4 is 39.8 Å². The average molecular weight is 410 g/mol. The molecule has 0 saturated carbocycles. The molecule has 0 spiro atoms. The van der Waals surface area contributed by atoms with Crippen LogP contribution in [0.5, 0.6) is 0 Å². The predicted octanol–water partition coefficient (Wildman–Crippen LogP) is 2.05. The van der Waals surface area contributed by atoms with Crippen LogP contribution in [0.1, 0.15) is 37.0 Å². The highest BCUT2D eigenvalue weighted by atomic mass is 32.2. The Labute approximate surface area is 160 Å². The monoisotopic (exact) mass is 409 g/mol. The normalized spacial score (nSPS) is 13.3. The maximum Gasteiger partial charge on any atom is 0.271 e. The zero-order valence-electron chi connectivity index (χ0n) is 13.6. The highest BCUT2D eigenvalue weighted by molar-refractivity contribution is 7.77. The topological polar surface area (TPSA) is 117 Å². The fourth-order valence-corrected chi connectivity index (χ4v) is 4.22. The van der Waals surface area contributed by atoms with Crippen LogP contribution in [-0.2, 0) is 17.8 Å². The summed E-state index contributed by atoms with van der Waals surface area (Å²) in [5.41, 5.74) is 0.620. The van der Waals surface area contributed by atoms with Gasteiger partial charge in [-0.15, -0.1) is 22.7 Å². The van der Waals surface area contributed by atoms with Crippen LogP contribution in [0.2, 0.25) is 0 Å². The number of aryl methyl sites for hydroxylation is 1. The summed E-state index contributed by atoms with van der Waals surface area (Å²) in [5, 5.41) is 5.56. The van der Waals surface area contributed by atoms with Crippen molar-refractivity contribution in [1.82, 2.24) is 25.0 Å². The van der Waals surface area contributed by atoms with Gasteiger partial charge in [0.2, 0.25) is 11.3 Å². The number of rotatable bonds is 7. The lowest BCUT2D eigenvalue weighted by Gasteiger charge is -2.14. The van der Waals surface area contributed by atoms with Gasteiger partial charge in [-0.25, -0.2) is 18.9 Å². The van der Waals surface area contributed by atoms with Gasteiger partial charge in [-0.3, -0.25) is 14.3 Å². The molecular formula is C15H15N5O3S3. The van der Waals surface area contributed by atoms with Crippen LogP contribution in [-0.4, -0.2) is 29.6 Å². The minimum absolute atomic E-state index is 0.171. The van der Waals surface area contributed by atoms with Gasteiger partial charge in [-0.05, 0) is 18.4 Å². The van der Waals surface area contributed by atoms with Gasteiger partial charge in [0.15, 0.2) is 0 Å². The standard InChI is InChI=1S/C15H15N5O3S3/c1-9-16-5-10(25-9)6-19-15(21)12-8-17-11(7-18-12)14(20-26(22)23)13-3-2-4-24-13/h2-5,7-8,14,20H,6H2,1H3,(H,19,21)(H,22,23). The van der Waals surface area contributed by atoms with E-state index in [2.05, 4.69) is 25.0 Å². The molecule has 3 aromatic rings. The van der Waals surface area contributed by atoms with Crippen molar-refractivity contribution in [2.24, 2.45) is 0 Å². The second kappa shape index (κ2) is 8.56. The van der Waals surface area contributed by atoms with E-state index >= 15 is 0 Å². The summed E-state index contributed by atoms with van der Waals surface area (Å²) in [5.74, 6) is -0.346. The Morgan fingerprint density at radius 2 is 2.15 bits per heavy atom. The quantitative estimate of drug-likeness (QED) is 0.514. The molecule has 0 aliphatic carbocycles. The molecule has 3 heterocycles. The second-order valence-electron chi connectivity index (χ2n) is 5.17. The van der Waals surface area contributed by atoms with E-state index < -0.39 is 17.3 Å². The van der Waals surface area contributed by atoms with Crippen molar-refractivity contribution in [3.8, 4) is 0 Å². The number of hydrogen-bond donors (Lipinski definition) is 3. The van der Waals surface area contributed by atoms with Crippen LogP contribution >= 0.6 is 22.7 Å². The average Bonchev–Trinajstić information content (AvgIpc) is 3.29. The summed E-state index contributed by atoms with van der Waals surface area (Å²) in [6, 6.07) is 3.09. The summed E-state index contributed by atoms with van der Waals surface area (Å²) < 4.78 is 22.8. The SMILES string of the molecule is Cc1ncc(CNC(=O)c2cnc(C(NS(=O)O)c3cccs3)cn2)s1. The Hall–Kier alpha value is -2.05. The number of amides is 1. The van der Waals surface area contributed by atoms with Gasteiger partial charge in [-0.2, -0.15) is 0 Å². The highest BCUT2D eigenvalue weighted by Crippen LogP contribution is 2.24. The van der Waals surface area contributed by atoms with Gasteiger partial charge in [0.1, 0.15) is 5.69 Å². The summed E-state index contributed by atoms with van der Waals surface area (Å²) >= 11 is 0.728. The molecule has 0 aliphatic heterocycles. The smallest absolute Gasteiger partial charge is 0.271 e. The molecule has 26 heavy (non-hydrogen) atoms. The summed E-state index contributed by atoms with van der Waals surface area (Å²) in [6.45, 7) is 2.27. The van der Waals surface area contributed by atoms with E-state index in [1.807, 2.05) is 24.4 Å². The number of thiazole rings is 1. The van der Waals surface area contributed by atoms with E-state index in [0.717, 1.165) is 14.8 Å². The minimum atomic E-state index is -2.21. The maximum absolute atomic E-state index is 12.2. The number of hydrogen-bond acceptors (Lipinski definition) is 7. The van der Waals surface area contributed by atoms with Gasteiger partial charge in [-0.1, -0.05) is 6.07 Å². The number of carbonyl (C=O) groups excluding carboxylic acids is 1. The molecule has 3 aromatic heterocycles. The number of aromatic nitrogens is 3. The molecule has 0 radical (unpaired) electrons. The van der Waals surface area contributed by atoms with E-state index in [-0.39, 0.29) is 11.6 Å². The zero-order valence-corrected chi connectivity index (χ0v) is 16.0. The molecule has 2 unspecified atom stereocenters. The number of nitrogens with zero attached hydrogens (tertiary/aromatic N) is 3. The van der Waals surface area contributed by atoms with E-state index in [1.54, 1.807) is 6.20 Å². The molecule has 2 atom stereocenters. The molecule has 0 aliphatic rings. The Morgan fingerprint density at radius 1 is 1.31 bits per heavy atom. The van der Waals surface area contributed by atoms with Gasteiger partial charge >= 0.3 is 0 Å². The molecule has 11 heteroatoms. The van der Waals surface area contributed by atoms with Crippen molar-refractivity contribution < 1.29 is 13.6 Å². The molecule has 8 nitrogen and oxygen atoms in total. The first-order chi connectivity index (χ1) is 12.5. The van der Waals surface area contributed by atoms with Crippen molar-refractivity contribution in [2.45, 2.75) is 19.5 Å². The van der Waals surface area contributed by atoms with Crippen LogP contribution < -0.4 is 10.0 Å². The highest BCUT2D eigenvalue weighted by Gasteiger charge is 2.19. The number of thiophene rings is 1. The van der Waals surface area contributed by atoms with Crippen LogP contribution in [0.25, 0.3) is 0 Å². The molecule has 136 valence electrons. The van der Waals surface area contributed by atoms with Crippen molar-refractivity contribution in [2.75, 3.05) is 0 Å². The van der Waals surface area contributed by atoms with Gasteiger partial charge < -0.3 is 5.32 Å². The third-order valence-electron chi connectivity index (χ3n) is 3.34. The Kier molecular flexibility index (Phi) is 6.16. The summed E-state index contributed by atoms with van der Waals surface area (Å²) in [6.07, 6.45) is 4.50. The Bertz CT molecular complexity index is 896. The van der Waals surface area contributed by atoms with E-state index in [0.29, 0.717) is 12.2 Å². The van der Waals surface area contributed by atoms with Crippen molar-refractivity contribution in [3.63, 3.8) is 0 Å². The Balaban J connectivity index is 1.70. The van der Waals surface area contributed by atoms with Gasteiger partial charge in [0.05, 0.1) is 35.7 Å². The first-order valence-electron chi connectivity index (χ1n) is 7.45. The molecule has 0 fully saturated rings. The zero-order chi connectivity index (χ0) is 18.5. The number of nitrogens with one attached hydrogen (secondary N) is 2. The molecule has 0 aromatic carbocycles. The first kappa shape index (κ1) is 18.7. The largest absolute Gasteiger partial charge is 0.346 e. The maximum atomic E-state index is 12.2. The van der Waals surface area contributed by atoms with Crippen LogP contribution in [0.4, 0.5) is 0 Å². The second-order valence-corrected chi connectivity index (χ2v) is 8.20. The lowest BCUT2D eigenvalue weighted by molar-refractivity contribution is 0.0946. The molecule has 1 amide bonds. The molecule has 3 N–H and O–H groups in total. The van der Waals surface area contributed by atoms with Crippen LogP contribution in [0.3, 0.4) is 0 Å². The van der Waals surface area contributed by atoms with Crippen LogP contribution in [0.15, 0.2) is 36.1 Å². The van der Waals surface area contributed by atoms with E-state index in [4.69, 9.17) is 4.55 Å². The molecule has 0 bridgehead atoms. The van der Waals surface area contributed by atoms with Crippen molar-refractivity contribution in [1.29, 1.82) is 0 Å². The van der Waals surface area contributed by atoms with E-state index in [9.17, 15) is 9.00 Å². The number of carbonyl (C=O) groups is 1. The van der Waals surface area contributed by atoms with Crippen LogP contribution in [0, 0.1) is 6.92 Å². The third kappa shape index (κ3) is 4.77. The third-order valence-corrected chi connectivity index (χ3v) is 5.63. The summed E-state index contributed by atoms with van der Waals surface area (Å²) in [4.78, 5) is 26.5. The lowest BCUT2D eigenvalue weighted by atomic mass is 10.2. The molecular weight excluding hydrogens is 394 g/mol. The molecule has 3 rings (SSSR count). The Morgan fingerprint density at radius 3 is 2.73 bits per heavy atom. The minimum Gasteiger partial charge on any atom is -0.346 e. The fraction of sp³-hybridized carbons (Fsp3) is 0.200. The summed E-state index contributed by atoms with van der Waals surface area (Å²) in [7, 11) is 0. The van der Waals surface area contributed by atoms with Gasteiger partial charge in [0.25, 0.3) is 5.91 Å². The predicted molar refractivity (Wildman–Crippen MR) is 100 cm³/mol. The lowest BCUT2D eigenvalue weighted by Crippen LogP contribution is -2.26. The van der Waals surface area contributed by atoms with E-state index in [1.165, 1.54) is 35.1 Å². The van der Waals surface area contributed by atoms with Gasteiger partial charge in [0, 0.05) is 16.0 Å². The first-order valence-corrected chi connectivity index (χ1v) is 10.2. The van der Waals surface area contributed by atoms with Crippen molar-refractivity contribution in [3.05, 3.63) is 62.3 Å². The molecule has 0 saturated heterocycles. The fourth-order valence-electron chi connectivity index (χ4n) is 2.17.